The van der Waals surface area contributed by atoms with Crippen molar-refractivity contribution in [2.75, 3.05) is 18.1 Å². The summed E-state index contributed by atoms with van der Waals surface area (Å²) < 4.78 is 12.2. The van der Waals surface area contributed by atoms with Crippen LogP contribution in [0.4, 0.5) is 5.82 Å². The second kappa shape index (κ2) is 7.69. The summed E-state index contributed by atoms with van der Waals surface area (Å²) in [6.45, 7) is 6.55. The first-order valence-corrected chi connectivity index (χ1v) is 9.30. The molecule has 3 rings (SSSR count). The fourth-order valence-corrected chi connectivity index (χ4v) is 2.92. The highest BCUT2D eigenvalue weighted by atomic mass is 35.5. The fraction of sp³-hybridized carbons (Fsp3) is 0.500. The highest BCUT2D eigenvalue weighted by Gasteiger charge is 2.50. The number of esters is 1. The predicted molar refractivity (Wildman–Crippen MR) is 103 cm³/mol. The quantitative estimate of drug-likeness (QED) is 0.727. The van der Waals surface area contributed by atoms with Crippen molar-refractivity contribution in [3.63, 3.8) is 0 Å². The minimum absolute atomic E-state index is 0.116. The van der Waals surface area contributed by atoms with Gasteiger partial charge in [0.2, 0.25) is 0 Å². The third kappa shape index (κ3) is 4.55. The number of nitrogens with zero attached hydrogens (tertiary/aromatic N) is 5. The molecule has 0 bridgehead atoms. The summed E-state index contributed by atoms with van der Waals surface area (Å²) in [5, 5.41) is 22.7. The third-order valence-electron chi connectivity index (χ3n) is 4.14. The Kier molecular flexibility index (Phi) is 5.61. The number of morpholine rings is 1. The van der Waals surface area contributed by atoms with E-state index in [1.807, 2.05) is 0 Å². The Bertz CT molecular complexity index is 923. The molecule has 11 heteroatoms. The van der Waals surface area contributed by atoms with Crippen molar-refractivity contribution in [2.24, 2.45) is 0 Å². The second-order valence-electron chi connectivity index (χ2n) is 7.75. The van der Waals surface area contributed by atoms with Crippen molar-refractivity contribution < 1.29 is 24.2 Å². The lowest BCUT2D eigenvalue weighted by Crippen LogP contribution is -2.61. The van der Waals surface area contributed by atoms with E-state index in [-0.39, 0.29) is 18.3 Å². The van der Waals surface area contributed by atoms with Gasteiger partial charge in [0.15, 0.2) is 22.7 Å². The molecule has 1 aliphatic rings. The molecule has 2 atom stereocenters. The molecule has 2 aromatic rings. The van der Waals surface area contributed by atoms with E-state index in [1.54, 1.807) is 39.1 Å². The Morgan fingerprint density at radius 1 is 1.38 bits per heavy atom. The maximum atomic E-state index is 13.0. The number of amides is 1. The number of aliphatic hydroxyl groups is 1. The normalized spacial score (nSPS) is 19.7. The van der Waals surface area contributed by atoms with Gasteiger partial charge in [-0.2, -0.15) is 5.10 Å². The van der Waals surface area contributed by atoms with E-state index in [1.165, 1.54) is 22.7 Å². The summed E-state index contributed by atoms with van der Waals surface area (Å²) in [6, 6.07) is 3.19. The van der Waals surface area contributed by atoms with Gasteiger partial charge in [0, 0.05) is 18.3 Å². The van der Waals surface area contributed by atoms with Crippen molar-refractivity contribution in [1.82, 2.24) is 20.0 Å². The molecule has 1 fully saturated rings. The van der Waals surface area contributed by atoms with E-state index in [4.69, 9.17) is 21.1 Å². The molecule has 0 aromatic carbocycles. The fourth-order valence-electron chi connectivity index (χ4n) is 2.76. The van der Waals surface area contributed by atoms with Gasteiger partial charge in [-0.25, -0.2) is 9.48 Å². The Balaban J connectivity index is 1.82. The van der Waals surface area contributed by atoms with Crippen molar-refractivity contribution in [3.05, 3.63) is 29.7 Å². The molecule has 1 aliphatic heterocycles. The molecule has 2 aromatic heterocycles. The topological polar surface area (TPSA) is 120 Å². The molecular formula is C18H22ClN5O5. The molecule has 0 spiro atoms. The van der Waals surface area contributed by atoms with Crippen molar-refractivity contribution in [3.8, 4) is 5.69 Å². The number of carbonyl (C=O) groups is 2. The maximum Gasteiger partial charge on any atom is 0.341 e. The SMILES string of the molecule is CC(C)(C)OC(=O)C(C)(O)[C@H]1OCCN(c2ccn(-c3cnnc(Cl)c3)n2)C1=O. The number of anilines is 1. The minimum Gasteiger partial charge on any atom is -0.458 e. The zero-order valence-corrected chi connectivity index (χ0v) is 17.3. The Morgan fingerprint density at radius 3 is 2.76 bits per heavy atom. The molecule has 3 heterocycles. The number of halogens is 1. The van der Waals surface area contributed by atoms with Gasteiger partial charge in [0.1, 0.15) is 5.60 Å². The zero-order valence-electron chi connectivity index (χ0n) is 16.5. The molecule has 1 saturated heterocycles. The summed E-state index contributed by atoms with van der Waals surface area (Å²) in [5.41, 5.74) is -2.42. The lowest BCUT2D eigenvalue weighted by Gasteiger charge is -2.38. The number of rotatable bonds is 4. The number of hydrogen-bond donors (Lipinski definition) is 1. The summed E-state index contributed by atoms with van der Waals surface area (Å²) >= 11 is 5.85. The third-order valence-corrected chi connectivity index (χ3v) is 4.32. The Hall–Kier alpha value is -2.56. The van der Waals surface area contributed by atoms with Crippen LogP contribution < -0.4 is 4.90 Å². The number of hydrogen-bond acceptors (Lipinski definition) is 8. The van der Waals surface area contributed by atoms with E-state index in [0.717, 1.165) is 0 Å². The summed E-state index contributed by atoms with van der Waals surface area (Å²) in [6.07, 6.45) is 1.68. The van der Waals surface area contributed by atoms with Crippen LogP contribution in [0, 0.1) is 0 Å². The van der Waals surface area contributed by atoms with Gasteiger partial charge in [-0.3, -0.25) is 9.69 Å². The Morgan fingerprint density at radius 2 is 2.10 bits per heavy atom. The number of ether oxygens (including phenoxy) is 2. The van der Waals surface area contributed by atoms with Gasteiger partial charge >= 0.3 is 5.97 Å². The van der Waals surface area contributed by atoms with E-state index in [0.29, 0.717) is 11.5 Å². The molecule has 156 valence electrons. The average Bonchev–Trinajstić information content (AvgIpc) is 3.10. The van der Waals surface area contributed by atoms with Gasteiger partial charge < -0.3 is 14.6 Å². The number of aromatic nitrogens is 4. The molecule has 1 unspecified atom stereocenters. The van der Waals surface area contributed by atoms with Gasteiger partial charge in [-0.05, 0) is 27.7 Å². The largest absolute Gasteiger partial charge is 0.458 e. The molecule has 0 saturated carbocycles. The molecule has 10 nitrogen and oxygen atoms in total. The van der Waals surface area contributed by atoms with Crippen LogP contribution in [0.2, 0.25) is 5.15 Å². The summed E-state index contributed by atoms with van der Waals surface area (Å²) in [5.74, 6) is -1.20. The van der Waals surface area contributed by atoms with Crippen molar-refractivity contribution >= 4 is 29.3 Å². The van der Waals surface area contributed by atoms with Crippen LogP contribution in [-0.4, -0.2) is 67.4 Å². The van der Waals surface area contributed by atoms with Gasteiger partial charge in [-0.1, -0.05) is 11.6 Å². The standard InChI is InChI=1S/C18H22ClN5O5/c1-17(2,3)29-16(26)18(4,27)14-15(25)23(7-8-28-14)13-5-6-24(22-13)11-9-12(19)21-20-10-11/h5-6,9-10,14,27H,7-8H2,1-4H3/t14-,18?/m0/s1. The first-order chi connectivity index (χ1) is 13.5. The van der Waals surface area contributed by atoms with Crippen LogP contribution in [0.25, 0.3) is 5.69 Å². The molecule has 1 N–H and O–H groups in total. The monoisotopic (exact) mass is 423 g/mol. The van der Waals surface area contributed by atoms with Crippen LogP contribution in [-0.2, 0) is 19.1 Å². The van der Waals surface area contributed by atoms with Crippen LogP contribution in [0.3, 0.4) is 0 Å². The van der Waals surface area contributed by atoms with Crippen LogP contribution in [0.15, 0.2) is 24.5 Å². The minimum atomic E-state index is -2.16. The summed E-state index contributed by atoms with van der Waals surface area (Å²) in [4.78, 5) is 26.8. The molecular weight excluding hydrogens is 402 g/mol. The predicted octanol–water partition coefficient (Wildman–Crippen LogP) is 1.14. The van der Waals surface area contributed by atoms with E-state index >= 15 is 0 Å². The lowest BCUT2D eigenvalue weighted by atomic mass is 9.96. The molecule has 0 radical (unpaired) electrons. The van der Waals surface area contributed by atoms with Crippen LogP contribution >= 0.6 is 11.6 Å². The average molecular weight is 424 g/mol. The van der Waals surface area contributed by atoms with Gasteiger partial charge in [-0.15, -0.1) is 10.2 Å². The smallest absolute Gasteiger partial charge is 0.341 e. The highest BCUT2D eigenvalue weighted by molar-refractivity contribution is 6.29. The Labute approximate surface area is 172 Å². The van der Waals surface area contributed by atoms with Crippen molar-refractivity contribution in [2.45, 2.75) is 45.0 Å². The zero-order chi connectivity index (χ0) is 21.4. The lowest BCUT2D eigenvalue weighted by molar-refractivity contribution is -0.194. The molecule has 29 heavy (non-hydrogen) atoms. The van der Waals surface area contributed by atoms with Crippen LogP contribution in [0.1, 0.15) is 27.7 Å². The number of carbonyl (C=O) groups excluding carboxylic acids is 2. The van der Waals surface area contributed by atoms with Gasteiger partial charge in [0.25, 0.3) is 5.91 Å². The summed E-state index contributed by atoms with van der Waals surface area (Å²) in [7, 11) is 0. The highest BCUT2D eigenvalue weighted by Crippen LogP contribution is 2.26. The first kappa shape index (κ1) is 21.2. The van der Waals surface area contributed by atoms with E-state index in [9.17, 15) is 14.7 Å². The van der Waals surface area contributed by atoms with Gasteiger partial charge in [0.05, 0.1) is 25.0 Å². The van der Waals surface area contributed by atoms with E-state index < -0.39 is 29.2 Å². The maximum absolute atomic E-state index is 13.0. The molecule has 1 amide bonds. The van der Waals surface area contributed by atoms with Crippen molar-refractivity contribution in [1.29, 1.82) is 0 Å². The first-order valence-electron chi connectivity index (χ1n) is 8.92. The van der Waals surface area contributed by atoms with Crippen LogP contribution in [0.5, 0.6) is 0 Å². The van der Waals surface area contributed by atoms with E-state index in [2.05, 4.69) is 15.3 Å². The second-order valence-corrected chi connectivity index (χ2v) is 8.13. The molecule has 0 aliphatic carbocycles.